The molecule has 2 atom stereocenters. The van der Waals surface area contributed by atoms with E-state index >= 15 is 0 Å². The minimum atomic E-state index is -0.456. The highest BCUT2D eigenvalue weighted by Crippen LogP contribution is 2.22. The van der Waals surface area contributed by atoms with Gasteiger partial charge in [0.25, 0.3) is 5.91 Å². The number of hydrogen-bond acceptors (Lipinski definition) is 4. The Hall–Kier alpha value is -1.14. The van der Waals surface area contributed by atoms with Crippen LogP contribution in [-0.2, 0) is 14.3 Å². The molecule has 2 aliphatic heterocycles. The van der Waals surface area contributed by atoms with E-state index in [2.05, 4.69) is 5.43 Å². The molecule has 2 fully saturated rings. The number of ether oxygens (including phenoxy) is 1. The number of nitrogens with zero attached hydrogens (tertiary/aromatic N) is 1. The lowest BCUT2D eigenvalue weighted by Gasteiger charge is -2.24. The molecular weight excluding hydrogens is 234 g/mol. The summed E-state index contributed by atoms with van der Waals surface area (Å²) in [6.45, 7) is 1.42. The lowest BCUT2D eigenvalue weighted by Crippen LogP contribution is -2.41. The van der Waals surface area contributed by atoms with Crippen molar-refractivity contribution in [2.45, 2.75) is 50.7 Å². The average Bonchev–Trinajstić information content (AvgIpc) is 2.75. The summed E-state index contributed by atoms with van der Waals surface area (Å²) in [5, 5.41) is 0. The zero-order valence-electron chi connectivity index (χ0n) is 10.6. The van der Waals surface area contributed by atoms with Gasteiger partial charge in [-0.2, -0.15) is 0 Å². The third-order valence-electron chi connectivity index (χ3n) is 3.64. The molecule has 0 bridgehead atoms. The van der Waals surface area contributed by atoms with Gasteiger partial charge in [0, 0.05) is 19.5 Å². The molecule has 2 saturated heterocycles. The molecule has 0 aromatic carbocycles. The van der Waals surface area contributed by atoms with Crippen molar-refractivity contribution in [3.8, 4) is 0 Å². The van der Waals surface area contributed by atoms with Crippen molar-refractivity contribution in [3.05, 3.63) is 0 Å². The van der Waals surface area contributed by atoms with Crippen molar-refractivity contribution in [3.63, 3.8) is 0 Å². The van der Waals surface area contributed by atoms with E-state index in [1.807, 2.05) is 4.90 Å². The number of carbonyl (C=O) groups excluding carboxylic acids is 2. The van der Waals surface area contributed by atoms with Crippen LogP contribution in [0.4, 0.5) is 0 Å². The van der Waals surface area contributed by atoms with E-state index in [-0.39, 0.29) is 17.9 Å². The Labute approximate surface area is 107 Å². The van der Waals surface area contributed by atoms with E-state index in [9.17, 15) is 9.59 Å². The number of hydrogen-bond donors (Lipinski definition) is 2. The summed E-state index contributed by atoms with van der Waals surface area (Å²) in [4.78, 5) is 25.0. The minimum absolute atomic E-state index is 0.0330. The minimum Gasteiger partial charge on any atom is -0.363 e. The Morgan fingerprint density at radius 2 is 2.22 bits per heavy atom. The van der Waals surface area contributed by atoms with Gasteiger partial charge in [0.05, 0.1) is 6.10 Å². The van der Waals surface area contributed by atoms with Gasteiger partial charge in [0.2, 0.25) is 5.91 Å². The first-order chi connectivity index (χ1) is 8.70. The van der Waals surface area contributed by atoms with Gasteiger partial charge in [-0.15, -0.1) is 0 Å². The zero-order valence-corrected chi connectivity index (χ0v) is 10.6. The molecule has 0 aliphatic carbocycles. The van der Waals surface area contributed by atoms with E-state index in [4.69, 9.17) is 10.6 Å². The van der Waals surface area contributed by atoms with Crippen LogP contribution < -0.4 is 11.3 Å². The number of carbonyl (C=O) groups is 2. The fraction of sp³-hybridized carbons (Fsp3) is 0.833. The van der Waals surface area contributed by atoms with Crippen LogP contribution >= 0.6 is 0 Å². The average molecular weight is 255 g/mol. The van der Waals surface area contributed by atoms with Crippen LogP contribution in [0.2, 0.25) is 0 Å². The third-order valence-corrected chi connectivity index (χ3v) is 3.64. The van der Waals surface area contributed by atoms with Gasteiger partial charge in [0.15, 0.2) is 0 Å². The maximum Gasteiger partial charge on any atom is 0.263 e. The molecule has 0 spiro atoms. The first kappa shape index (κ1) is 13.3. The van der Waals surface area contributed by atoms with E-state index in [1.165, 1.54) is 0 Å². The molecule has 3 N–H and O–H groups in total. The maximum atomic E-state index is 11.8. The van der Waals surface area contributed by atoms with Crippen molar-refractivity contribution >= 4 is 11.8 Å². The van der Waals surface area contributed by atoms with Gasteiger partial charge in [-0.3, -0.25) is 15.0 Å². The first-order valence-electron chi connectivity index (χ1n) is 6.64. The number of nitrogens with two attached hydrogens (primary N) is 1. The number of likely N-dealkylation sites (tertiary alicyclic amines) is 1. The van der Waals surface area contributed by atoms with Crippen LogP contribution in [0, 0.1) is 0 Å². The second-order valence-electron chi connectivity index (χ2n) is 4.98. The largest absolute Gasteiger partial charge is 0.363 e. The number of nitrogens with one attached hydrogen (secondary N) is 1. The summed E-state index contributed by atoms with van der Waals surface area (Å²) in [5.74, 6) is 5.01. The van der Waals surface area contributed by atoms with Gasteiger partial charge in [0.1, 0.15) is 6.10 Å². The highest BCUT2D eigenvalue weighted by molar-refractivity contribution is 5.80. The smallest absolute Gasteiger partial charge is 0.263 e. The monoisotopic (exact) mass is 255 g/mol. The summed E-state index contributed by atoms with van der Waals surface area (Å²) < 4.78 is 5.62. The molecule has 2 amide bonds. The van der Waals surface area contributed by atoms with Crippen LogP contribution in [-0.4, -0.2) is 42.0 Å². The van der Waals surface area contributed by atoms with Crippen LogP contribution in [0.3, 0.4) is 0 Å². The van der Waals surface area contributed by atoms with Crippen LogP contribution in [0.5, 0.6) is 0 Å². The standard InChI is InChI=1S/C12H21N3O3/c13-14-12(17)10-6-5-9(18-10)8-15-7-3-1-2-4-11(15)16/h9-10H,1-8,13H2,(H,14,17). The van der Waals surface area contributed by atoms with E-state index in [0.29, 0.717) is 19.4 Å². The highest BCUT2D eigenvalue weighted by atomic mass is 16.5. The maximum absolute atomic E-state index is 11.8. The van der Waals surface area contributed by atoms with Gasteiger partial charge in [-0.25, -0.2) is 5.84 Å². The van der Waals surface area contributed by atoms with Crippen molar-refractivity contribution in [1.29, 1.82) is 0 Å². The predicted molar refractivity (Wildman–Crippen MR) is 65.3 cm³/mol. The van der Waals surface area contributed by atoms with E-state index in [0.717, 1.165) is 32.2 Å². The Morgan fingerprint density at radius 1 is 1.39 bits per heavy atom. The molecule has 2 unspecified atom stereocenters. The molecule has 18 heavy (non-hydrogen) atoms. The number of hydrazine groups is 1. The lowest BCUT2D eigenvalue weighted by molar-refractivity contribution is -0.135. The van der Waals surface area contributed by atoms with Gasteiger partial charge < -0.3 is 9.64 Å². The van der Waals surface area contributed by atoms with Crippen molar-refractivity contribution in [2.75, 3.05) is 13.1 Å². The zero-order chi connectivity index (χ0) is 13.0. The van der Waals surface area contributed by atoms with Crippen LogP contribution in [0.25, 0.3) is 0 Å². The SMILES string of the molecule is NNC(=O)C1CCC(CN2CCCCCC2=O)O1. The number of rotatable bonds is 3. The normalized spacial score (nSPS) is 29.2. The Kier molecular flexibility index (Phi) is 4.54. The Bertz CT molecular complexity index is 322. The second kappa shape index (κ2) is 6.15. The first-order valence-corrected chi connectivity index (χ1v) is 6.64. The molecular formula is C12H21N3O3. The molecule has 6 nitrogen and oxygen atoms in total. The fourth-order valence-corrected chi connectivity index (χ4v) is 2.60. The molecule has 0 aromatic rings. The molecule has 102 valence electrons. The van der Waals surface area contributed by atoms with Gasteiger partial charge in [-0.05, 0) is 25.7 Å². The van der Waals surface area contributed by atoms with Gasteiger partial charge >= 0.3 is 0 Å². The third kappa shape index (κ3) is 3.20. The Morgan fingerprint density at radius 3 is 3.00 bits per heavy atom. The summed E-state index contributed by atoms with van der Waals surface area (Å²) in [6, 6.07) is 0. The molecule has 0 radical (unpaired) electrons. The molecule has 6 heteroatoms. The summed E-state index contributed by atoms with van der Waals surface area (Å²) in [5.41, 5.74) is 2.11. The fourth-order valence-electron chi connectivity index (χ4n) is 2.60. The van der Waals surface area contributed by atoms with Crippen molar-refractivity contribution in [1.82, 2.24) is 10.3 Å². The van der Waals surface area contributed by atoms with E-state index in [1.54, 1.807) is 0 Å². The lowest BCUT2D eigenvalue weighted by atomic mass is 10.2. The molecule has 2 rings (SSSR count). The topological polar surface area (TPSA) is 84.7 Å². The van der Waals surface area contributed by atoms with Crippen LogP contribution in [0.1, 0.15) is 38.5 Å². The van der Waals surface area contributed by atoms with Gasteiger partial charge in [-0.1, -0.05) is 6.42 Å². The van der Waals surface area contributed by atoms with E-state index < -0.39 is 6.10 Å². The van der Waals surface area contributed by atoms with Crippen molar-refractivity contribution < 1.29 is 14.3 Å². The molecule has 0 aromatic heterocycles. The summed E-state index contributed by atoms with van der Waals surface area (Å²) >= 11 is 0. The second-order valence-corrected chi connectivity index (χ2v) is 4.98. The predicted octanol–water partition coefficient (Wildman–Crippen LogP) is -0.0735. The summed E-state index contributed by atoms with van der Waals surface area (Å²) in [6.07, 6.45) is 4.80. The Balaban J connectivity index is 1.83. The van der Waals surface area contributed by atoms with Crippen LogP contribution in [0.15, 0.2) is 0 Å². The molecule has 0 saturated carbocycles. The summed E-state index contributed by atoms with van der Waals surface area (Å²) in [7, 11) is 0. The van der Waals surface area contributed by atoms with Crippen molar-refractivity contribution in [2.24, 2.45) is 5.84 Å². The quantitative estimate of drug-likeness (QED) is 0.420. The molecule has 2 aliphatic rings. The highest BCUT2D eigenvalue weighted by Gasteiger charge is 2.32. The molecule has 2 heterocycles. The number of amides is 2.